The second-order valence-corrected chi connectivity index (χ2v) is 9.21. The minimum absolute atomic E-state index is 0.0941. The summed E-state index contributed by atoms with van der Waals surface area (Å²) in [7, 11) is 1.56. The lowest BCUT2D eigenvalue weighted by atomic mass is 9.98. The van der Waals surface area contributed by atoms with Gasteiger partial charge in [0, 0.05) is 30.4 Å². The van der Waals surface area contributed by atoms with Crippen LogP contribution in [0.4, 0.5) is 5.69 Å². The third-order valence-corrected chi connectivity index (χ3v) is 6.56. The number of hydrogen-bond donors (Lipinski definition) is 2. The summed E-state index contributed by atoms with van der Waals surface area (Å²) in [5, 5.41) is 5.72. The van der Waals surface area contributed by atoms with E-state index in [0.717, 1.165) is 24.6 Å². The van der Waals surface area contributed by atoms with Gasteiger partial charge in [-0.1, -0.05) is 19.1 Å². The molecule has 2 heterocycles. The van der Waals surface area contributed by atoms with Crippen molar-refractivity contribution in [3.63, 3.8) is 0 Å². The summed E-state index contributed by atoms with van der Waals surface area (Å²) < 4.78 is 10.5. The van der Waals surface area contributed by atoms with E-state index >= 15 is 0 Å². The van der Waals surface area contributed by atoms with Crippen LogP contribution in [0.3, 0.4) is 0 Å². The Bertz CT molecular complexity index is 1180. The fourth-order valence-electron chi connectivity index (χ4n) is 4.21. The van der Waals surface area contributed by atoms with Gasteiger partial charge in [0.05, 0.1) is 19.4 Å². The molecule has 0 bridgehead atoms. The van der Waals surface area contributed by atoms with Crippen LogP contribution in [0, 0.1) is 5.92 Å². The second-order valence-electron chi connectivity index (χ2n) is 9.21. The Labute approximate surface area is 212 Å². The van der Waals surface area contributed by atoms with Crippen LogP contribution in [0.2, 0.25) is 0 Å². The average Bonchev–Trinajstić information content (AvgIpc) is 3.42. The summed E-state index contributed by atoms with van der Waals surface area (Å²) >= 11 is 0. The molecule has 0 aliphatic carbocycles. The molecule has 7 heteroatoms. The van der Waals surface area contributed by atoms with Crippen LogP contribution in [-0.4, -0.2) is 32.0 Å². The minimum Gasteiger partial charge on any atom is -0.497 e. The largest absolute Gasteiger partial charge is 0.497 e. The Morgan fingerprint density at radius 3 is 2.36 bits per heavy atom. The molecule has 4 rings (SSSR count). The topological polar surface area (TPSA) is 83.8 Å². The molecule has 1 aromatic heterocycles. The highest BCUT2D eigenvalue weighted by molar-refractivity contribution is 6.05. The highest BCUT2D eigenvalue weighted by Gasteiger charge is 2.19. The van der Waals surface area contributed by atoms with Crippen LogP contribution >= 0.6 is 0 Å². The zero-order valence-electron chi connectivity index (χ0n) is 21.0. The summed E-state index contributed by atoms with van der Waals surface area (Å²) in [5.74, 6) is 1.08. The molecule has 0 spiro atoms. The number of carbonyl (C=O) groups is 2. The third-order valence-electron chi connectivity index (χ3n) is 6.56. The number of hydrogen-bond acceptors (Lipinski definition) is 5. The van der Waals surface area contributed by atoms with Crippen molar-refractivity contribution in [1.29, 1.82) is 0 Å². The fraction of sp³-hybridized carbons (Fsp3) is 0.310. The van der Waals surface area contributed by atoms with Crippen LogP contribution in [0.25, 0.3) is 6.08 Å². The maximum absolute atomic E-state index is 13.2. The molecule has 3 aromatic rings. The van der Waals surface area contributed by atoms with Gasteiger partial charge in [0.25, 0.3) is 11.8 Å². The van der Waals surface area contributed by atoms with E-state index in [1.807, 2.05) is 19.1 Å². The Kier molecular flexibility index (Phi) is 8.10. The van der Waals surface area contributed by atoms with Crippen molar-refractivity contribution in [2.45, 2.75) is 32.7 Å². The molecule has 1 atom stereocenters. The predicted octanol–water partition coefficient (Wildman–Crippen LogP) is 5.17. The maximum Gasteiger partial charge on any atom is 0.268 e. The number of anilines is 1. The Morgan fingerprint density at radius 2 is 1.75 bits per heavy atom. The van der Waals surface area contributed by atoms with Gasteiger partial charge < -0.3 is 24.7 Å². The molecule has 0 radical (unpaired) electrons. The Morgan fingerprint density at radius 1 is 1.06 bits per heavy atom. The number of furan rings is 1. The number of nitrogens with zero attached hydrogens (tertiary/aromatic N) is 1. The standard InChI is InChI=1S/C29H33N3O4/c1-20-14-16-32(17-15-20)24-10-6-22(7-11-24)21(2)30-29(34)27(19-26-5-4-18-36-26)31-28(33)23-8-12-25(35-3)13-9-23/h4-13,18-21H,14-17H2,1-3H3,(H,30,34)(H,31,33)/b27-19-/t21-/m1/s1. The second kappa shape index (κ2) is 11.6. The zero-order valence-corrected chi connectivity index (χ0v) is 21.0. The molecule has 2 aromatic carbocycles. The van der Waals surface area contributed by atoms with Gasteiger partial charge in [-0.05, 0) is 79.8 Å². The molecule has 0 saturated carbocycles. The molecule has 188 valence electrons. The van der Waals surface area contributed by atoms with Gasteiger partial charge in [0.1, 0.15) is 17.2 Å². The number of carbonyl (C=O) groups excluding carboxylic acids is 2. The van der Waals surface area contributed by atoms with Crippen molar-refractivity contribution < 1.29 is 18.7 Å². The van der Waals surface area contributed by atoms with Crippen LogP contribution in [-0.2, 0) is 4.79 Å². The van der Waals surface area contributed by atoms with Crippen LogP contribution < -0.4 is 20.3 Å². The molecular formula is C29H33N3O4. The number of amides is 2. The van der Waals surface area contributed by atoms with Crippen molar-refractivity contribution in [3.05, 3.63) is 89.5 Å². The van der Waals surface area contributed by atoms with Crippen molar-refractivity contribution in [2.75, 3.05) is 25.1 Å². The average molecular weight is 488 g/mol. The van der Waals surface area contributed by atoms with E-state index in [2.05, 4.69) is 34.6 Å². The third kappa shape index (κ3) is 6.36. The van der Waals surface area contributed by atoms with Gasteiger partial charge >= 0.3 is 0 Å². The molecule has 36 heavy (non-hydrogen) atoms. The predicted molar refractivity (Wildman–Crippen MR) is 141 cm³/mol. The number of piperidine rings is 1. The van der Waals surface area contributed by atoms with Crippen molar-refractivity contribution in [1.82, 2.24) is 10.6 Å². The van der Waals surface area contributed by atoms with Gasteiger partial charge in [0.2, 0.25) is 0 Å². The summed E-state index contributed by atoms with van der Waals surface area (Å²) in [4.78, 5) is 28.5. The smallest absolute Gasteiger partial charge is 0.268 e. The van der Waals surface area contributed by atoms with E-state index in [9.17, 15) is 9.59 Å². The highest BCUT2D eigenvalue weighted by Crippen LogP contribution is 2.25. The fourth-order valence-corrected chi connectivity index (χ4v) is 4.21. The van der Waals surface area contributed by atoms with E-state index < -0.39 is 11.8 Å². The molecular weight excluding hydrogens is 454 g/mol. The first-order valence-corrected chi connectivity index (χ1v) is 12.3. The lowest BCUT2D eigenvalue weighted by molar-refractivity contribution is -0.118. The first-order valence-electron chi connectivity index (χ1n) is 12.3. The summed E-state index contributed by atoms with van der Waals surface area (Å²) in [6.45, 7) is 6.37. The molecule has 1 aliphatic rings. The molecule has 1 saturated heterocycles. The molecule has 1 aliphatic heterocycles. The van der Waals surface area contributed by atoms with E-state index in [-0.39, 0.29) is 11.7 Å². The van der Waals surface area contributed by atoms with E-state index in [1.54, 1.807) is 43.5 Å². The van der Waals surface area contributed by atoms with Crippen molar-refractivity contribution in [3.8, 4) is 5.75 Å². The van der Waals surface area contributed by atoms with Gasteiger partial charge in [-0.3, -0.25) is 9.59 Å². The number of methoxy groups -OCH3 is 1. The molecule has 1 fully saturated rings. The monoisotopic (exact) mass is 487 g/mol. The summed E-state index contributed by atoms with van der Waals surface area (Å²) in [6.07, 6.45) is 5.45. The Hall–Kier alpha value is -4.00. The zero-order chi connectivity index (χ0) is 25.5. The normalized spacial score (nSPS) is 15.3. The number of ether oxygens (including phenoxy) is 1. The van der Waals surface area contributed by atoms with Gasteiger partial charge in [-0.25, -0.2) is 0 Å². The van der Waals surface area contributed by atoms with Gasteiger partial charge in [-0.2, -0.15) is 0 Å². The van der Waals surface area contributed by atoms with E-state index in [4.69, 9.17) is 9.15 Å². The van der Waals surface area contributed by atoms with E-state index in [1.165, 1.54) is 30.9 Å². The SMILES string of the molecule is COc1ccc(C(=O)N/C(=C\c2ccco2)C(=O)N[C@H](C)c2ccc(N3CCC(C)CC3)cc2)cc1. The summed E-state index contributed by atoms with van der Waals surface area (Å²) in [5.41, 5.74) is 2.69. The first-order chi connectivity index (χ1) is 17.4. The molecule has 7 nitrogen and oxygen atoms in total. The number of rotatable bonds is 8. The summed E-state index contributed by atoms with van der Waals surface area (Å²) in [6, 6.07) is 18.2. The number of benzene rings is 2. The van der Waals surface area contributed by atoms with Crippen LogP contribution in [0.5, 0.6) is 5.75 Å². The highest BCUT2D eigenvalue weighted by atomic mass is 16.5. The van der Waals surface area contributed by atoms with Crippen molar-refractivity contribution >= 4 is 23.6 Å². The number of nitrogens with one attached hydrogen (secondary N) is 2. The van der Waals surface area contributed by atoms with Gasteiger partial charge in [0.15, 0.2) is 0 Å². The Balaban J connectivity index is 1.44. The lowest BCUT2D eigenvalue weighted by Crippen LogP contribution is -2.36. The quantitative estimate of drug-likeness (QED) is 0.428. The molecule has 2 N–H and O–H groups in total. The minimum atomic E-state index is -0.408. The van der Waals surface area contributed by atoms with Crippen LogP contribution in [0.15, 0.2) is 77.0 Å². The van der Waals surface area contributed by atoms with Crippen molar-refractivity contribution in [2.24, 2.45) is 5.92 Å². The molecule has 2 amide bonds. The van der Waals surface area contributed by atoms with Crippen LogP contribution in [0.1, 0.15) is 54.4 Å². The van der Waals surface area contributed by atoms with Gasteiger partial charge in [-0.15, -0.1) is 0 Å². The molecule has 0 unspecified atom stereocenters. The lowest BCUT2D eigenvalue weighted by Gasteiger charge is -2.32. The first kappa shape index (κ1) is 25.1. The van der Waals surface area contributed by atoms with E-state index in [0.29, 0.717) is 17.1 Å². The maximum atomic E-state index is 13.2.